The van der Waals surface area contributed by atoms with Crippen molar-refractivity contribution in [3.63, 3.8) is 0 Å². The maximum absolute atomic E-state index is 11.9. The lowest BCUT2D eigenvalue weighted by atomic mass is 10.2. The summed E-state index contributed by atoms with van der Waals surface area (Å²) in [7, 11) is 0. The summed E-state index contributed by atoms with van der Waals surface area (Å²) in [5.74, 6) is -0.966. The molecule has 0 saturated heterocycles. The molecule has 0 spiro atoms. The van der Waals surface area contributed by atoms with Gasteiger partial charge in [-0.15, -0.1) is 0 Å². The van der Waals surface area contributed by atoms with E-state index in [2.05, 4.69) is 16.0 Å². The third kappa shape index (κ3) is 6.07. The van der Waals surface area contributed by atoms with Crippen LogP contribution in [0.5, 0.6) is 0 Å². The first kappa shape index (κ1) is 16.7. The Hall–Kier alpha value is -2.37. The summed E-state index contributed by atoms with van der Waals surface area (Å²) in [6.07, 6.45) is 0.837. The zero-order chi connectivity index (χ0) is 15.7. The number of amides is 3. The summed E-state index contributed by atoms with van der Waals surface area (Å²) in [4.78, 5) is 35.0. The molecule has 3 N–H and O–H groups in total. The van der Waals surface area contributed by atoms with E-state index < -0.39 is 11.9 Å². The third-order valence-electron chi connectivity index (χ3n) is 2.77. The fourth-order valence-electron chi connectivity index (χ4n) is 1.58. The van der Waals surface area contributed by atoms with E-state index in [0.717, 1.165) is 6.42 Å². The van der Waals surface area contributed by atoms with Crippen molar-refractivity contribution in [3.8, 4) is 0 Å². The Morgan fingerprint density at radius 1 is 1.10 bits per heavy atom. The maximum atomic E-state index is 11.9. The van der Waals surface area contributed by atoms with Crippen molar-refractivity contribution in [1.82, 2.24) is 16.0 Å². The van der Waals surface area contributed by atoms with Crippen molar-refractivity contribution >= 4 is 17.7 Å². The van der Waals surface area contributed by atoms with E-state index in [1.165, 1.54) is 0 Å². The molecule has 114 valence electrons. The monoisotopic (exact) mass is 291 g/mol. The predicted octanol–water partition coefficient (Wildman–Crippen LogP) is 0.447. The molecule has 1 aromatic carbocycles. The van der Waals surface area contributed by atoms with Gasteiger partial charge in [-0.25, -0.2) is 0 Å². The molecule has 0 aromatic heterocycles. The van der Waals surface area contributed by atoms with Gasteiger partial charge in [-0.3, -0.25) is 14.4 Å². The highest BCUT2D eigenvalue weighted by Crippen LogP contribution is 1.98. The second-order valence-corrected chi connectivity index (χ2v) is 4.63. The van der Waals surface area contributed by atoms with Gasteiger partial charge in [0.25, 0.3) is 5.91 Å². The summed E-state index contributed by atoms with van der Waals surface area (Å²) >= 11 is 0. The SMILES string of the molecule is CCCNC(=O)CNC(=O)C(C)NC(=O)c1ccccc1. The Morgan fingerprint density at radius 2 is 1.76 bits per heavy atom. The number of hydrogen-bond donors (Lipinski definition) is 3. The van der Waals surface area contributed by atoms with Crippen LogP contribution in [0.2, 0.25) is 0 Å². The molecule has 6 heteroatoms. The van der Waals surface area contributed by atoms with Crippen molar-refractivity contribution in [2.45, 2.75) is 26.3 Å². The van der Waals surface area contributed by atoms with Crippen LogP contribution in [0.15, 0.2) is 30.3 Å². The number of carbonyl (C=O) groups is 3. The predicted molar refractivity (Wildman–Crippen MR) is 79.7 cm³/mol. The first-order valence-corrected chi connectivity index (χ1v) is 6.95. The van der Waals surface area contributed by atoms with Gasteiger partial charge in [0.15, 0.2) is 0 Å². The number of nitrogens with one attached hydrogen (secondary N) is 3. The van der Waals surface area contributed by atoms with Gasteiger partial charge in [-0.1, -0.05) is 25.1 Å². The van der Waals surface area contributed by atoms with Crippen LogP contribution in [0, 0.1) is 0 Å². The quantitative estimate of drug-likeness (QED) is 0.681. The first-order chi connectivity index (χ1) is 10.0. The lowest BCUT2D eigenvalue weighted by molar-refractivity contribution is -0.126. The Bertz CT molecular complexity index is 488. The molecule has 0 aliphatic carbocycles. The van der Waals surface area contributed by atoms with E-state index in [9.17, 15) is 14.4 Å². The average Bonchev–Trinajstić information content (AvgIpc) is 2.51. The fraction of sp³-hybridized carbons (Fsp3) is 0.400. The topological polar surface area (TPSA) is 87.3 Å². The maximum Gasteiger partial charge on any atom is 0.251 e. The minimum atomic E-state index is -0.711. The zero-order valence-electron chi connectivity index (χ0n) is 12.3. The molecule has 0 aliphatic heterocycles. The molecule has 3 amide bonds. The van der Waals surface area contributed by atoms with Crippen LogP contribution in [0.1, 0.15) is 30.6 Å². The van der Waals surface area contributed by atoms with Crippen LogP contribution in [0.25, 0.3) is 0 Å². The van der Waals surface area contributed by atoms with E-state index in [1.54, 1.807) is 31.2 Å². The van der Waals surface area contributed by atoms with Crippen LogP contribution >= 0.6 is 0 Å². The molecular weight excluding hydrogens is 270 g/mol. The molecule has 1 atom stereocenters. The van der Waals surface area contributed by atoms with Gasteiger partial charge < -0.3 is 16.0 Å². The molecule has 0 heterocycles. The van der Waals surface area contributed by atoms with Gasteiger partial charge >= 0.3 is 0 Å². The minimum Gasteiger partial charge on any atom is -0.355 e. The van der Waals surface area contributed by atoms with Gasteiger partial charge in [0, 0.05) is 12.1 Å². The van der Waals surface area contributed by atoms with Crippen molar-refractivity contribution in [2.24, 2.45) is 0 Å². The van der Waals surface area contributed by atoms with Gasteiger partial charge in [0.1, 0.15) is 6.04 Å². The Morgan fingerprint density at radius 3 is 2.38 bits per heavy atom. The molecular formula is C15H21N3O3. The summed E-state index contributed by atoms with van der Waals surface area (Å²) in [6, 6.07) is 7.92. The average molecular weight is 291 g/mol. The van der Waals surface area contributed by atoms with E-state index in [1.807, 2.05) is 13.0 Å². The van der Waals surface area contributed by atoms with Crippen LogP contribution in [-0.2, 0) is 9.59 Å². The molecule has 1 unspecified atom stereocenters. The highest BCUT2D eigenvalue weighted by Gasteiger charge is 2.16. The lowest BCUT2D eigenvalue weighted by Gasteiger charge is -2.14. The highest BCUT2D eigenvalue weighted by atomic mass is 16.2. The Kier molecular flexibility index (Phi) is 6.94. The molecule has 1 aromatic rings. The van der Waals surface area contributed by atoms with Gasteiger partial charge in [-0.2, -0.15) is 0 Å². The van der Waals surface area contributed by atoms with Crippen molar-refractivity contribution < 1.29 is 14.4 Å². The summed E-state index contributed by atoms with van der Waals surface area (Å²) in [5, 5.41) is 7.71. The molecule has 0 bridgehead atoms. The van der Waals surface area contributed by atoms with Crippen LogP contribution < -0.4 is 16.0 Å². The first-order valence-electron chi connectivity index (χ1n) is 6.95. The highest BCUT2D eigenvalue weighted by molar-refractivity contribution is 5.97. The minimum absolute atomic E-state index is 0.0929. The zero-order valence-corrected chi connectivity index (χ0v) is 12.3. The lowest BCUT2D eigenvalue weighted by Crippen LogP contribution is -2.47. The standard InChI is InChI=1S/C15H21N3O3/c1-3-9-16-13(19)10-17-14(20)11(2)18-15(21)12-7-5-4-6-8-12/h4-8,11H,3,9-10H2,1-2H3,(H,16,19)(H,17,20)(H,18,21). The Labute approximate surface area is 124 Å². The van der Waals surface area contributed by atoms with E-state index in [4.69, 9.17) is 0 Å². The molecule has 1 rings (SSSR count). The van der Waals surface area contributed by atoms with Gasteiger partial charge in [0.05, 0.1) is 6.54 Å². The molecule has 0 aliphatic rings. The third-order valence-corrected chi connectivity index (χ3v) is 2.77. The second kappa shape index (κ2) is 8.73. The van der Waals surface area contributed by atoms with Crippen LogP contribution in [0.3, 0.4) is 0 Å². The number of hydrogen-bond acceptors (Lipinski definition) is 3. The smallest absolute Gasteiger partial charge is 0.251 e. The molecule has 0 fully saturated rings. The molecule has 0 saturated carbocycles. The van der Waals surface area contributed by atoms with E-state index in [-0.39, 0.29) is 18.4 Å². The van der Waals surface area contributed by atoms with Crippen LogP contribution in [-0.4, -0.2) is 36.9 Å². The van der Waals surface area contributed by atoms with Crippen LogP contribution in [0.4, 0.5) is 0 Å². The second-order valence-electron chi connectivity index (χ2n) is 4.63. The van der Waals surface area contributed by atoms with Crippen molar-refractivity contribution in [3.05, 3.63) is 35.9 Å². The number of benzene rings is 1. The fourth-order valence-corrected chi connectivity index (χ4v) is 1.58. The largest absolute Gasteiger partial charge is 0.355 e. The molecule has 0 radical (unpaired) electrons. The van der Waals surface area contributed by atoms with Gasteiger partial charge in [0.2, 0.25) is 11.8 Å². The van der Waals surface area contributed by atoms with E-state index >= 15 is 0 Å². The van der Waals surface area contributed by atoms with Gasteiger partial charge in [-0.05, 0) is 25.5 Å². The van der Waals surface area contributed by atoms with E-state index in [0.29, 0.717) is 12.1 Å². The summed E-state index contributed by atoms with van der Waals surface area (Å²) in [6.45, 7) is 4.00. The normalized spacial score (nSPS) is 11.3. The molecule has 21 heavy (non-hydrogen) atoms. The number of rotatable bonds is 7. The van der Waals surface area contributed by atoms with Crippen molar-refractivity contribution in [1.29, 1.82) is 0 Å². The summed E-state index contributed by atoms with van der Waals surface area (Å²) in [5.41, 5.74) is 0.484. The van der Waals surface area contributed by atoms with Crippen molar-refractivity contribution in [2.75, 3.05) is 13.1 Å². The molecule has 6 nitrogen and oxygen atoms in total. The Balaban J connectivity index is 2.37. The number of carbonyl (C=O) groups excluding carboxylic acids is 3. The summed E-state index contributed by atoms with van der Waals surface area (Å²) < 4.78 is 0.